The van der Waals surface area contributed by atoms with Gasteiger partial charge in [-0.1, -0.05) is 13.8 Å². The van der Waals surface area contributed by atoms with Crippen molar-refractivity contribution >= 4 is 13.6 Å². The number of hydrogen-bond acceptors (Lipinski definition) is 3. The quantitative estimate of drug-likeness (QED) is 0.488. The van der Waals surface area contributed by atoms with Crippen molar-refractivity contribution in [2.24, 2.45) is 11.7 Å². The molecule has 0 fully saturated rings. The van der Waals surface area contributed by atoms with Crippen molar-refractivity contribution in [2.45, 2.75) is 25.8 Å². The lowest BCUT2D eigenvalue weighted by Gasteiger charge is -2.28. The predicted octanol–water partition coefficient (Wildman–Crippen LogP) is -0.00770. The van der Waals surface area contributed by atoms with Crippen LogP contribution >= 0.6 is 7.60 Å². The van der Waals surface area contributed by atoms with Crippen molar-refractivity contribution in [3.05, 3.63) is 0 Å². The number of rotatable bonds is 5. The summed E-state index contributed by atoms with van der Waals surface area (Å²) in [5, 5.41) is 8.82. The van der Waals surface area contributed by atoms with Crippen LogP contribution < -0.4 is 5.73 Å². The normalized spacial score (nSPS) is 16.7. The molecule has 0 aliphatic carbocycles. The zero-order chi connectivity index (χ0) is 11.6. The minimum atomic E-state index is -4.18. The highest BCUT2D eigenvalue weighted by Gasteiger charge is 2.38. The van der Waals surface area contributed by atoms with Crippen LogP contribution in [0.5, 0.6) is 0 Å². The first kappa shape index (κ1) is 13.6. The third-order valence-corrected chi connectivity index (χ3v) is 3.05. The van der Waals surface area contributed by atoms with E-state index in [2.05, 4.69) is 0 Å². The topological polar surface area (TPSA) is 121 Å². The van der Waals surface area contributed by atoms with E-state index in [1.54, 1.807) is 13.8 Å². The Morgan fingerprint density at radius 1 is 1.50 bits per heavy atom. The molecule has 0 saturated carbocycles. The van der Waals surface area contributed by atoms with E-state index in [1.165, 1.54) is 0 Å². The largest absolute Gasteiger partial charge is 0.480 e. The average Bonchev–Trinajstić information content (AvgIpc) is 1.97. The second-order valence-corrected chi connectivity index (χ2v) is 5.42. The van der Waals surface area contributed by atoms with Gasteiger partial charge < -0.3 is 20.6 Å². The number of carboxylic acid groups (broad SMARTS) is 1. The molecular weight excluding hydrogens is 209 g/mol. The highest BCUT2D eigenvalue weighted by Crippen LogP contribution is 2.37. The lowest BCUT2D eigenvalue weighted by molar-refractivity contribution is -0.145. The Labute approximate surface area is 82.3 Å². The van der Waals surface area contributed by atoms with E-state index in [0.29, 0.717) is 0 Å². The second kappa shape index (κ2) is 4.40. The second-order valence-electron chi connectivity index (χ2n) is 3.64. The summed E-state index contributed by atoms with van der Waals surface area (Å²) in [5.74, 6) is -1.62. The molecule has 0 aromatic heterocycles. The van der Waals surface area contributed by atoms with Crippen LogP contribution in [0.4, 0.5) is 0 Å². The van der Waals surface area contributed by atoms with Gasteiger partial charge in [-0.25, -0.2) is 0 Å². The molecule has 0 heterocycles. The molecule has 0 bridgehead atoms. The number of carboxylic acids is 1. The molecular formula is C7H16NO5P. The van der Waals surface area contributed by atoms with Crippen LogP contribution in [0.25, 0.3) is 0 Å². The fourth-order valence-corrected chi connectivity index (χ4v) is 1.63. The maximum atomic E-state index is 10.8. The van der Waals surface area contributed by atoms with Gasteiger partial charge in [0.1, 0.15) is 5.54 Å². The van der Waals surface area contributed by atoms with Crippen molar-refractivity contribution in [3.63, 3.8) is 0 Å². The fourth-order valence-electron chi connectivity index (χ4n) is 0.973. The van der Waals surface area contributed by atoms with Gasteiger partial charge in [0.25, 0.3) is 0 Å². The van der Waals surface area contributed by atoms with E-state index in [-0.39, 0.29) is 12.3 Å². The summed E-state index contributed by atoms with van der Waals surface area (Å²) in [6.45, 7) is 3.21. The lowest BCUT2D eigenvalue weighted by atomic mass is 9.85. The standard InChI is InChI=1S/C7H16NO5P/c1-5(2)7(8,6(9)10)3-4-14(11,12)13/h5H,3-4,8H2,1-2H3,(H,9,10)(H2,11,12,13)/t7-/m0/s1. The van der Waals surface area contributed by atoms with Gasteiger partial charge in [0.05, 0.1) is 6.16 Å². The maximum absolute atomic E-state index is 10.8. The van der Waals surface area contributed by atoms with Crippen LogP contribution in [0, 0.1) is 5.92 Å². The molecule has 7 heteroatoms. The predicted molar refractivity (Wildman–Crippen MR) is 50.9 cm³/mol. The maximum Gasteiger partial charge on any atom is 0.325 e. The summed E-state index contributed by atoms with van der Waals surface area (Å²) >= 11 is 0. The van der Waals surface area contributed by atoms with E-state index < -0.39 is 25.3 Å². The van der Waals surface area contributed by atoms with Gasteiger partial charge in [-0.3, -0.25) is 9.36 Å². The molecule has 0 unspecified atom stereocenters. The van der Waals surface area contributed by atoms with Crippen molar-refractivity contribution in [2.75, 3.05) is 6.16 Å². The average molecular weight is 225 g/mol. The van der Waals surface area contributed by atoms with Gasteiger partial charge in [-0.05, 0) is 12.3 Å². The summed E-state index contributed by atoms with van der Waals surface area (Å²) in [6, 6.07) is 0. The van der Waals surface area contributed by atoms with Crippen LogP contribution in [0.3, 0.4) is 0 Å². The molecule has 0 rings (SSSR count). The Morgan fingerprint density at radius 3 is 2.14 bits per heavy atom. The van der Waals surface area contributed by atoms with Gasteiger partial charge in [-0.15, -0.1) is 0 Å². The van der Waals surface area contributed by atoms with Crippen molar-refractivity contribution in [1.82, 2.24) is 0 Å². The van der Waals surface area contributed by atoms with Gasteiger partial charge in [0.15, 0.2) is 0 Å². The van der Waals surface area contributed by atoms with Crippen LogP contribution in [-0.2, 0) is 9.36 Å². The molecule has 6 nitrogen and oxygen atoms in total. The summed E-state index contributed by atoms with van der Waals surface area (Å²) in [7, 11) is -4.18. The number of aliphatic carboxylic acids is 1. The number of hydrogen-bond donors (Lipinski definition) is 4. The van der Waals surface area contributed by atoms with Crippen molar-refractivity contribution in [3.8, 4) is 0 Å². The molecule has 0 aromatic carbocycles. The highest BCUT2D eigenvalue weighted by atomic mass is 31.2. The molecule has 0 amide bonds. The molecule has 0 aliphatic heterocycles. The van der Waals surface area contributed by atoms with E-state index in [1.807, 2.05) is 0 Å². The Kier molecular flexibility index (Phi) is 4.27. The van der Waals surface area contributed by atoms with Gasteiger partial charge in [0.2, 0.25) is 0 Å². The molecule has 0 spiro atoms. The molecule has 14 heavy (non-hydrogen) atoms. The van der Waals surface area contributed by atoms with Gasteiger partial charge in [0, 0.05) is 0 Å². The van der Waals surface area contributed by atoms with Crippen molar-refractivity contribution in [1.29, 1.82) is 0 Å². The SMILES string of the molecule is CC(C)[C@@](N)(CCP(=O)(O)O)C(=O)O. The Balaban J connectivity index is 4.56. The molecule has 1 atom stereocenters. The lowest BCUT2D eigenvalue weighted by Crippen LogP contribution is -2.53. The van der Waals surface area contributed by atoms with E-state index in [4.69, 9.17) is 20.6 Å². The minimum absolute atomic E-state index is 0.232. The smallest absolute Gasteiger partial charge is 0.325 e. The molecule has 0 radical (unpaired) electrons. The molecule has 0 aromatic rings. The van der Waals surface area contributed by atoms with Crippen molar-refractivity contribution < 1.29 is 24.3 Å². The number of nitrogens with two attached hydrogens (primary N) is 1. The van der Waals surface area contributed by atoms with Gasteiger partial charge >= 0.3 is 13.6 Å². The minimum Gasteiger partial charge on any atom is -0.480 e. The van der Waals surface area contributed by atoms with Crippen LogP contribution in [0.15, 0.2) is 0 Å². The Morgan fingerprint density at radius 2 is 1.93 bits per heavy atom. The summed E-state index contributed by atoms with van der Waals surface area (Å²) in [5.41, 5.74) is 3.98. The third-order valence-electron chi connectivity index (χ3n) is 2.25. The number of carbonyl (C=O) groups is 1. The van der Waals surface area contributed by atoms with Crippen LogP contribution in [0.2, 0.25) is 0 Å². The first-order valence-corrected chi connectivity index (χ1v) is 5.96. The first-order valence-electron chi connectivity index (χ1n) is 4.16. The van der Waals surface area contributed by atoms with Gasteiger partial charge in [-0.2, -0.15) is 0 Å². The van der Waals surface area contributed by atoms with E-state index in [9.17, 15) is 9.36 Å². The fraction of sp³-hybridized carbons (Fsp3) is 0.857. The van der Waals surface area contributed by atoms with E-state index >= 15 is 0 Å². The first-order chi connectivity index (χ1) is 6.09. The Hall–Kier alpha value is -0.420. The highest BCUT2D eigenvalue weighted by molar-refractivity contribution is 7.51. The monoisotopic (exact) mass is 225 g/mol. The molecule has 5 N–H and O–H groups in total. The third kappa shape index (κ3) is 3.75. The molecule has 84 valence electrons. The summed E-state index contributed by atoms with van der Waals surface area (Å²) < 4.78 is 10.6. The van der Waals surface area contributed by atoms with Crippen LogP contribution in [0.1, 0.15) is 20.3 Å². The zero-order valence-corrected chi connectivity index (χ0v) is 9.07. The Bertz CT molecular complexity index is 261. The zero-order valence-electron chi connectivity index (χ0n) is 8.17. The summed E-state index contributed by atoms with van der Waals surface area (Å²) in [6.07, 6.45) is -0.738. The summed E-state index contributed by atoms with van der Waals surface area (Å²) in [4.78, 5) is 28.0. The molecule has 0 saturated heterocycles. The van der Waals surface area contributed by atoms with Crippen LogP contribution in [-0.4, -0.2) is 32.6 Å². The molecule has 0 aliphatic rings. The van der Waals surface area contributed by atoms with E-state index in [0.717, 1.165) is 0 Å².